The Bertz CT molecular complexity index is 197. The first-order chi connectivity index (χ1) is 6.45. The van der Waals surface area contributed by atoms with E-state index in [4.69, 9.17) is 0 Å². The van der Waals surface area contributed by atoms with Gasteiger partial charge in [0.25, 0.3) is 0 Å². The summed E-state index contributed by atoms with van der Waals surface area (Å²) < 4.78 is 23.8. The number of alkyl halides is 2. The lowest BCUT2D eigenvalue weighted by molar-refractivity contribution is 0.0108. The Hall–Kier alpha value is -0.660. The highest BCUT2D eigenvalue weighted by Crippen LogP contribution is 2.18. The minimum Gasteiger partial charge on any atom is -0.207 e. The summed E-state index contributed by atoms with van der Waals surface area (Å²) >= 11 is 0. The van der Waals surface area contributed by atoms with Crippen molar-refractivity contribution in [3.63, 3.8) is 0 Å². The van der Waals surface area contributed by atoms with Crippen molar-refractivity contribution in [3.05, 3.63) is 23.8 Å². The SMILES string of the molecule is CC1=CC=CC1.CCCCC(C)(F)F. The maximum Gasteiger partial charge on any atom is 0.245 e. The number of rotatable bonds is 3. The molecule has 0 aromatic rings. The third kappa shape index (κ3) is 9.43. The van der Waals surface area contributed by atoms with E-state index < -0.39 is 5.92 Å². The largest absolute Gasteiger partial charge is 0.245 e. The van der Waals surface area contributed by atoms with Gasteiger partial charge in [-0.25, -0.2) is 8.78 Å². The summed E-state index contributed by atoms with van der Waals surface area (Å²) in [6.45, 7) is 5.01. The number of allylic oxidation sites excluding steroid dienone is 4. The third-order valence-electron chi connectivity index (χ3n) is 1.93. The fraction of sp³-hybridized carbons (Fsp3) is 0.667. The molecule has 0 spiro atoms. The lowest BCUT2D eigenvalue weighted by Crippen LogP contribution is -2.07. The quantitative estimate of drug-likeness (QED) is 0.621. The van der Waals surface area contributed by atoms with Crippen LogP contribution in [0.15, 0.2) is 23.8 Å². The monoisotopic (exact) mass is 202 g/mol. The summed E-state index contributed by atoms with van der Waals surface area (Å²) in [4.78, 5) is 0. The van der Waals surface area contributed by atoms with Crippen molar-refractivity contribution in [2.24, 2.45) is 0 Å². The molecule has 82 valence electrons. The zero-order valence-electron chi connectivity index (χ0n) is 9.32. The highest BCUT2D eigenvalue weighted by molar-refractivity contribution is 5.20. The van der Waals surface area contributed by atoms with E-state index in [0.29, 0.717) is 6.42 Å². The topological polar surface area (TPSA) is 0 Å². The van der Waals surface area contributed by atoms with Gasteiger partial charge in [-0.2, -0.15) is 0 Å². The second kappa shape index (κ2) is 6.74. The van der Waals surface area contributed by atoms with Crippen LogP contribution < -0.4 is 0 Å². The summed E-state index contributed by atoms with van der Waals surface area (Å²) in [6.07, 6.45) is 9.07. The molecule has 1 rings (SSSR count). The molecule has 14 heavy (non-hydrogen) atoms. The van der Waals surface area contributed by atoms with Gasteiger partial charge in [-0.1, -0.05) is 37.1 Å². The van der Waals surface area contributed by atoms with Crippen LogP contribution in [0.3, 0.4) is 0 Å². The third-order valence-corrected chi connectivity index (χ3v) is 1.93. The van der Waals surface area contributed by atoms with Gasteiger partial charge in [-0.3, -0.25) is 0 Å². The van der Waals surface area contributed by atoms with Crippen molar-refractivity contribution in [2.75, 3.05) is 0 Å². The molecule has 0 N–H and O–H groups in total. The van der Waals surface area contributed by atoms with Crippen LogP contribution in [-0.2, 0) is 0 Å². The summed E-state index contributed by atoms with van der Waals surface area (Å²) in [6, 6.07) is 0. The molecule has 0 fully saturated rings. The minimum atomic E-state index is -2.45. The first-order valence-electron chi connectivity index (χ1n) is 5.16. The van der Waals surface area contributed by atoms with Gasteiger partial charge in [-0.15, -0.1) is 0 Å². The molecule has 2 heteroatoms. The van der Waals surface area contributed by atoms with Crippen LogP contribution in [-0.4, -0.2) is 5.92 Å². The summed E-state index contributed by atoms with van der Waals surface area (Å²) in [7, 11) is 0. The van der Waals surface area contributed by atoms with Crippen LogP contribution in [0.25, 0.3) is 0 Å². The van der Waals surface area contributed by atoms with Crippen LogP contribution in [0.1, 0.15) is 46.5 Å². The number of halogens is 2. The van der Waals surface area contributed by atoms with Crippen molar-refractivity contribution in [2.45, 2.75) is 52.4 Å². The van der Waals surface area contributed by atoms with Crippen LogP contribution >= 0.6 is 0 Å². The summed E-state index contributed by atoms with van der Waals surface area (Å²) in [5.74, 6) is -2.45. The molecule has 0 nitrogen and oxygen atoms in total. The summed E-state index contributed by atoms with van der Waals surface area (Å²) in [5, 5.41) is 0. The van der Waals surface area contributed by atoms with Crippen molar-refractivity contribution in [3.8, 4) is 0 Å². The van der Waals surface area contributed by atoms with E-state index in [0.717, 1.165) is 13.3 Å². The van der Waals surface area contributed by atoms with Gasteiger partial charge in [0.15, 0.2) is 0 Å². The van der Waals surface area contributed by atoms with Crippen LogP contribution in [0.2, 0.25) is 0 Å². The molecule has 0 aliphatic heterocycles. The van der Waals surface area contributed by atoms with Gasteiger partial charge in [-0.05, 0) is 26.7 Å². The molecule has 0 atom stereocenters. The van der Waals surface area contributed by atoms with Crippen LogP contribution in [0.4, 0.5) is 8.78 Å². The highest BCUT2D eigenvalue weighted by atomic mass is 19.3. The fourth-order valence-corrected chi connectivity index (χ4v) is 1.04. The Morgan fingerprint density at radius 1 is 1.43 bits per heavy atom. The van der Waals surface area contributed by atoms with E-state index in [1.54, 1.807) is 0 Å². The van der Waals surface area contributed by atoms with Gasteiger partial charge in [0.1, 0.15) is 0 Å². The van der Waals surface area contributed by atoms with Crippen molar-refractivity contribution < 1.29 is 8.78 Å². The molecule has 0 aromatic heterocycles. The van der Waals surface area contributed by atoms with Gasteiger partial charge >= 0.3 is 0 Å². The minimum absolute atomic E-state index is 0.0312. The lowest BCUT2D eigenvalue weighted by Gasteiger charge is -2.06. The zero-order chi connectivity index (χ0) is 11.0. The Morgan fingerprint density at radius 2 is 2.07 bits per heavy atom. The number of hydrogen-bond donors (Lipinski definition) is 0. The normalized spacial score (nSPS) is 14.8. The molecule has 1 aliphatic carbocycles. The molecule has 0 bridgehead atoms. The van der Waals surface area contributed by atoms with Crippen molar-refractivity contribution >= 4 is 0 Å². The molecule has 1 aliphatic rings. The van der Waals surface area contributed by atoms with Gasteiger partial charge in [0.05, 0.1) is 0 Å². The van der Waals surface area contributed by atoms with E-state index in [-0.39, 0.29) is 6.42 Å². The van der Waals surface area contributed by atoms with E-state index in [1.807, 2.05) is 6.92 Å². The van der Waals surface area contributed by atoms with Crippen molar-refractivity contribution in [1.82, 2.24) is 0 Å². The van der Waals surface area contributed by atoms with Gasteiger partial charge in [0, 0.05) is 6.42 Å². The fourth-order valence-electron chi connectivity index (χ4n) is 1.04. The highest BCUT2D eigenvalue weighted by Gasteiger charge is 2.18. The van der Waals surface area contributed by atoms with E-state index in [9.17, 15) is 8.78 Å². The predicted molar refractivity (Wildman–Crippen MR) is 57.7 cm³/mol. The smallest absolute Gasteiger partial charge is 0.207 e. The standard InChI is InChI=1S/C6H12F2.C6H8/c1-3-4-5-6(2,7)8;1-6-4-2-3-5-6/h3-5H2,1-2H3;2-4H,5H2,1H3. The molecular formula is C12H20F2. The molecular weight excluding hydrogens is 182 g/mol. The Balaban J connectivity index is 0.000000249. The van der Waals surface area contributed by atoms with Gasteiger partial charge < -0.3 is 0 Å². The van der Waals surface area contributed by atoms with Gasteiger partial charge in [0.2, 0.25) is 5.92 Å². The number of hydrogen-bond acceptors (Lipinski definition) is 0. The van der Waals surface area contributed by atoms with Crippen LogP contribution in [0.5, 0.6) is 0 Å². The second-order valence-corrected chi connectivity index (χ2v) is 3.82. The zero-order valence-corrected chi connectivity index (χ0v) is 9.32. The molecule has 0 amide bonds. The molecule has 0 saturated carbocycles. The molecule has 0 radical (unpaired) electrons. The van der Waals surface area contributed by atoms with E-state index in [1.165, 1.54) is 12.0 Å². The molecule has 0 unspecified atom stereocenters. The first-order valence-corrected chi connectivity index (χ1v) is 5.16. The molecule has 0 heterocycles. The maximum absolute atomic E-state index is 11.9. The lowest BCUT2D eigenvalue weighted by atomic mass is 10.2. The summed E-state index contributed by atoms with van der Waals surface area (Å²) in [5.41, 5.74) is 1.47. The van der Waals surface area contributed by atoms with E-state index >= 15 is 0 Å². The van der Waals surface area contributed by atoms with Crippen molar-refractivity contribution in [1.29, 1.82) is 0 Å². The Kier molecular flexibility index (Phi) is 6.43. The average molecular weight is 202 g/mol. The van der Waals surface area contributed by atoms with E-state index in [2.05, 4.69) is 25.2 Å². The predicted octanol–water partition coefficient (Wildman–Crippen LogP) is 4.72. The second-order valence-electron chi connectivity index (χ2n) is 3.82. The number of unbranched alkanes of at least 4 members (excludes halogenated alkanes) is 1. The Labute approximate surface area is 85.7 Å². The molecule has 0 saturated heterocycles. The average Bonchev–Trinajstić information content (AvgIpc) is 2.52. The van der Waals surface area contributed by atoms with Crippen LogP contribution in [0, 0.1) is 0 Å². The molecule has 0 aromatic carbocycles. The Morgan fingerprint density at radius 3 is 2.21 bits per heavy atom. The first kappa shape index (κ1) is 13.3. The maximum atomic E-state index is 11.9.